The topological polar surface area (TPSA) is 84.9 Å². The van der Waals surface area contributed by atoms with E-state index in [-0.39, 0.29) is 25.0 Å². The predicted octanol–water partition coefficient (Wildman–Crippen LogP) is 3.46. The zero-order valence-electron chi connectivity index (χ0n) is 18.5. The van der Waals surface area contributed by atoms with Gasteiger partial charge in [0.2, 0.25) is 0 Å². The van der Waals surface area contributed by atoms with Crippen LogP contribution in [-0.4, -0.2) is 35.5 Å². The minimum absolute atomic E-state index is 0.114. The van der Waals surface area contributed by atoms with Crippen molar-refractivity contribution in [2.45, 2.75) is 52.4 Å². The van der Waals surface area contributed by atoms with Gasteiger partial charge in [-0.3, -0.25) is 19.3 Å². The number of amides is 2. The fraction of sp³-hybridized carbons (Fsp3) is 0.375. The average Bonchev–Trinajstić information content (AvgIpc) is 2.69. The Hall–Kier alpha value is -3.35. The maximum atomic E-state index is 13.0. The van der Waals surface area contributed by atoms with Crippen LogP contribution >= 0.6 is 0 Å². The van der Waals surface area contributed by atoms with Crippen LogP contribution in [0.15, 0.2) is 48.5 Å². The third-order valence-corrected chi connectivity index (χ3v) is 4.66. The lowest BCUT2D eigenvalue weighted by atomic mass is 10.0. The lowest BCUT2D eigenvalue weighted by molar-refractivity contribution is -0.145. The highest BCUT2D eigenvalue weighted by Crippen LogP contribution is 2.38. The molecule has 164 valence electrons. The Morgan fingerprint density at radius 3 is 2.42 bits per heavy atom. The van der Waals surface area contributed by atoms with Gasteiger partial charge in [0.15, 0.2) is 5.60 Å². The van der Waals surface area contributed by atoms with E-state index in [0.29, 0.717) is 17.0 Å². The summed E-state index contributed by atoms with van der Waals surface area (Å²) in [6, 6.07) is 14.1. The number of carbonyl (C=O) groups excluding carboxylic acids is 3. The van der Waals surface area contributed by atoms with Crippen molar-refractivity contribution >= 4 is 23.5 Å². The summed E-state index contributed by atoms with van der Waals surface area (Å²) < 4.78 is 11.2. The number of hydrogen-bond acceptors (Lipinski definition) is 5. The molecule has 1 N–H and O–H groups in total. The quantitative estimate of drug-likeness (QED) is 0.743. The third kappa shape index (κ3) is 5.42. The van der Waals surface area contributed by atoms with E-state index in [1.807, 2.05) is 51.1 Å². The fourth-order valence-electron chi connectivity index (χ4n) is 3.19. The van der Waals surface area contributed by atoms with Gasteiger partial charge in [0.25, 0.3) is 11.8 Å². The smallest absolute Gasteiger partial charge is 0.326 e. The van der Waals surface area contributed by atoms with Gasteiger partial charge in [0.05, 0.1) is 5.69 Å². The maximum absolute atomic E-state index is 13.0. The Bertz CT molecular complexity index is 993. The zero-order valence-corrected chi connectivity index (χ0v) is 18.5. The van der Waals surface area contributed by atoms with Crippen LogP contribution in [0, 0.1) is 0 Å². The number of rotatable bonds is 5. The van der Waals surface area contributed by atoms with Gasteiger partial charge < -0.3 is 14.8 Å². The summed E-state index contributed by atoms with van der Waals surface area (Å²) in [6.07, 6.45) is 0. The van der Waals surface area contributed by atoms with Gasteiger partial charge in [0.1, 0.15) is 18.9 Å². The van der Waals surface area contributed by atoms with Crippen LogP contribution in [0.1, 0.15) is 50.5 Å². The Kier molecular flexibility index (Phi) is 6.06. The van der Waals surface area contributed by atoms with Crippen LogP contribution in [0.4, 0.5) is 5.69 Å². The summed E-state index contributed by atoms with van der Waals surface area (Å²) >= 11 is 0. The molecule has 0 aliphatic carbocycles. The molecule has 7 heteroatoms. The molecule has 2 amide bonds. The second kappa shape index (κ2) is 8.41. The average molecular weight is 424 g/mol. The molecular formula is C24H28N2O5. The number of carbonyl (C=O) groups is 3. The lowest BCUT2D eigenvalue weighted by Gasteiger charge is -2.38. The van der Waals surface area contributed by atoms with E-state index in [9.17, 15) is 14.4 Å². The minimum Gasteiger partial charge on any atom is -0.476 e. The van der Waals surface area contributed by atoms with Crippen molar-refractivity contribution in [1.29, 1.82) is 0 Å². The molecule has 2 aromatic carbocycles. The molecule has 7 nitrogen and oxygen atoms in total. The van der Waals surface area contributed by atoms with Crippen LogP contribution in [-0.2, 0) is 20.9 Å². The van der Waals surface area contributed by atoms with E-state index in [4.69, 9.17) is 9.47 Å². The van der Waals surface area contributed by atoms with Gasteiger partial charge in [0, 0.05) is 11.1 Å². The van der Waals surface area contributed by atoms with E-state index in [0.717, 1.165) is 5.56 Å². The SMILES string of the molecule is CC(C)(C)NC(=O)c1ccc2c(c1)N(CC(=O)OCc1ccccc1)C(=O)C(C)(C)O2. The Balaban J connectivity index is 1.83. The van der Waals surface area contributed by atoms with Crippen LogP contribution in [0.3, 0.4) is 0 Å². The number of anilines is 1. The van der Waals surface area contributed by atoms with Crippen molar-refractivity contribution in [3.8, 4) is 5.75 Å². The molecule has 0 saturated carbocycles. The Labute approximate surface area is 182 Å². The van der Waals surface area contributed by atoms with Gasteiger partial charge in [-0.25, -0.2) is 0 Å². The van der Waals surface area contributed by atoms with E-state index < -0.39 is 17.1 Å². The van der Waals surface area contributed by atoms with Crippen molar-refractivity contribution in [1.82, 2.24) is 5.32 Å². The number of fused-ring (bicyclic) bond motifs is 1. The third-order valence-electron chi connectivity index (χ3n) is 4.66. The van der Waals surface area contributed by atoms with Crippen molar-refractivity contribution in [3.05, 3.63) is 59.7 Å². The molecule has 0 radical (unpaired) electrons. The van der Waals surface area contributed by atoms with Crippen molar-refractivity contribution < 1.29 is 23.9 Å². The van der Waals surface area contributed by atoms with E-state index >= 15 is 0 Å². The van der Waals surface area contributed by atoms with E-state index in [1.54, 1.807) is 32.0 Å². The van der Waals surface area contributed by atoms with Crippen LogP contribution < -0.4 is 15.0 Å². The maximum Gasteiger partial charge on any atom is 0.326 e. The van der Waals surface area contributed by atoms with Crippen LogP contribution in [0.2, 0.25) is 0 Å². The molecule has 0 spiro atoms. The first kappa shape index (κ1) is 22.3. The summed E-state index contributed by atoms with van der Waals surface area (Å²) in [5.74, 6) is -0.789. The Morgan fingerprint density at radius 1 is 1.10 bits per heavy atom. The predicted molar refractivity (Wildman–Crippen MR) is 117 cm³/mol. The first-order valence-electron chi connectivity index (χ1n) is 10.1. The van der Waals surface area contributed by atoms with Crippen molar-refractivity contribution in [3.63, 3.8) is 0 Å². The van der Waals surface area contributed by atoms with Gasteiger partial charge in [-0.1, -0.05) is 30.3 Å². The summed E-state index contributed by atoms with van der Waals surface area (Å²) in [5.41, 5.74) is 0.0189. The first-order chi connectivity index (χ1) is 14.5. The first-order valence-corrected chi connectivity index (χ1v) is 10.1. The minimum atomic E-state index is -1.15. The second-order valence-electron chi connectivity index (χ2n) is 9.04. The molecule has 2 aromatic rings. The Morgan fingerprint density at radius 2 is 1.77 bits per heavy atom. The largest absolute Gasteiger partial charge is 0.476 e. The van der Waals surface area contributed by atoms with Gasteiger partial charge in [-0.05, 0) is 58.4 Å². The zero-order chi connectivity index (χ0) is 22.8. The molecule has 31 heavy (non-hydrogen) atoms. The molecule has 0 saturated heterocycles. The number of ether oxygens (including phenoxy) is 2. The number of benzene rings is 2. The molecule has 0 bridgehead atoms. The van der Waals surface area contributed by atoms with Crippen molar-refractivity contribution in [2.75, 3.05) is 11.4 Å². The number of esters is 1. The molecule has 1 aliphatic rings. The number of hydrogen-bond donors (Lipinski definition) is 1. The molecule has 3 rings (SSSR count). The summed E-state index contributed by atoms with van der Waals surface area (Å²) in [5, 5.41) is 2.89. The van der Waals surface area contributed by atoms with E-state index in [2.05, 4.69) is 5.32 Å². The molecule has 0 fully saturated rings. The highest BCUT2D eigenvalue weighted by Gasteiger charge is 2.42. The van der Waals surface area contributed by atoms with Gasteiger partial charge in [-0.2, -0.15) is 0 Å². The molecular weight excluding hydrogens is 396 g/mol. The highest BCUT2D eigenvalue weighted by molar-refractivity contribution is 6.06. The lowest BCUT2D eigenvalue weighted by Crippen LogP contribution is -2.54. The monoisotopic (exact) mass is 424 g/mol. The molecule has 0 unspecified atom stereocenters. The van der Waals surface area contributed by atoms with Gasteiger partial charge in [-0.15, -0.1) is 0 Å². The standard InChI is InChI=1S/C24H28N2O5/c1-23(2,3)25-21(28)17-11-12-19-18(13-17)26(22(29)24(4,5)31-19)14-20(27)30-15-16-9-7-6-8-10-16/h6-13H,14-15H2,1-5H3,(H,25,28). The fourth-order valence-corrected chi connectivity index (χ4v) is 3.19. The highest BCUT2D eigenvalue weighted by atomic mass is 16.5. The van der Waals surface area contributed by atoms with Crippen molar-refractivity contribution in [2.24, 2.45) is 0 Å². The molecule has 1 aliphatic heterocycles. The number of nitrogens with zero attached hydrogens (tertiary/aromatic N) is 1. The summed E-state index contributed by atoms with van der Waals surface area (Å²) in [6.45, 7) is 8.76. The summed E-state index contributed by atoms with van der Waals surface area (Å²) in [7, 11) is 0. The normalized spacial score (nSPS) is 15.0. The molecule has 0 aromatic heterocycles. The molecule has 1 heterocycles. The number of nitrogens with one attached hydrogen (secondary N) is 1. The van der Waals surface area contributed by atoms with Crippen LogP contribution in [0.25, 0.3) is 0 Å². The second-order valence-corrected chi connectivity index (χ2v) is 9.04. The van der Waals surface area contributed by atoms with Crippen LogP contribution in [0.5, 0.6) is 5.75 Å². The summed E-state index contributed by atoms with van der Waals surface area (Å²) in [4.78, 5) is 39.5. The molecule has 0 atom stereocenters. The van der Waals surface area contributed by atoms with Gasteiger partial charge >= 0.3 is 5.97 Å². The van der Waals surface area contributed by atoms with E-state index in [1.165, 1.54) is 4.90 Å².